The molecule has 18 heavy (non-hydrogen) atoms. The molecule has 0 saturated heterocycles. The number of hydrogen-bond acceptors (Lipinski definition) is 2. The number of carbonyl (C=O) groups excluding carboxylic acids is 1. The quantitative estimate of drug-likeness (QED) is 0.780. The number of carbonyl (C=O) groups is 1. The van der Waals surface area contributed by atoms with Crippen molar-refractivity contribution in [3.05, 3.63) is 52.6 Å². The van der Waals surface area contributed by atoms with Gasteiger partial charge < -0.3 is 0 Å². The van der Waals surface area contributed by atoms with Crippen LogP contribution in [0.25, 0.3) is 0 Å². The first-order valence-corrected chi connectivity index (χ1v) is 5.86. The van der Waals surface area contributed by atoms with Gasteiger partial charge in [0.2, 0.25) is 0 Å². The Morgan fingerprint density at radius 3 is 2.78 bits per heavy atom. The van der Waals surface area contributed by atoms with Gasteiger partial charge in [-0.2, -0.15) is 5.10 Å². The lowest BCUT2D eigenvalue weighted by Crippen LogP contribution is -2.04. The Balaban J connectivity index is 2.44. The van der Waals surface area contributed by atoms with Gasteiger partial charge in [0.1, 0.15) is 5.82 Å². The molecule has 0 spiro atoms. The molecule has 2 aromatic rings. The third kappa shape index (κ3) is 2.18. The molecular weight excluding hydrogens is 231 g/mol. The maximum absolute atomic E-state index is 13.2. The first-order chi connectivity index (χ1) is 8.52. The molecule has 0 unspecified atom stereocenters. The number of aromatic nitrogens is 2. The maximum Gasteiger partial charge on any atom is 0.196 e. The Hall–Kier alpha value is -1.97. The molecule has 0 amide bonds. The van der Waals surface area contributed by atoms with E-state index in [-0.39, 0.29) is 11.6 Å². The standard InChI is InChI=1S/C14H15FN2O/c1-4-13-11(8-17(3)16-13)14(18)10-5-6-12(15)9(2)7-10/h5-8H,4H2,1-3H3. The molecule has 0 bridgehead atoms. The first-order valence-electron chi connectivity index (χ1n) is 5.86. The smallest absolute Gasteiger partial charge is 0.196 e. The molecule has 0 atom stereocenters. The van der Waals surface area contributed by atoms with Gasteiger partial charge in [-0.1, -0.05) is 6.92 Å². The van der Waals surface area contributed by atoms with E-state index >= 15 is 0 Å². The molecule has 4 heteroatoms. The van der Waals surface area contributed by atoms with E-state index in [4.69, 9.17) is 0 Å². The van der Waals surface area contributed by atoms with Crippen LogP contribution in [-0.2, 0) is 13.5 Å². The minimum atomic E-state index is -0.298. The van der Waals surface area contributed by atoms with E-state index in [1.807, 2.05) is 6.92 Å². The minimum absolute atomic E-state index is 0.108. The van der Waals surface area contributed by atoms with E-state index in [1.54, 1.807) is 30.9 Å². The minimum Gasteiger partial charge on any atom is -0.288 e. The van der Waals surface area contributed by atoms with Crippen molar-refractivity contribution in [3.63, 3.8) is 0 Å². The molecule has 0 aliphatic rings. The van der Waals surface area contributed by atoms with Crippen LogP contribution in [0.4, 0.5) is 4.39 Å². The third-order valence-corrected chi connectivity index (χ3v) is 2.90. The summed E-state index contributed by atoms with van der Waals surface area (Å²) in [5, 5.41) is 4.24. The van der Waals surface area contributed by atoms with Crippen molar-refractivity contribution in [1.29, 1.82) is 0 Å². The number of nitrogens with zero attached hydrogens (tertiary/aromatic N) is 2. The van der Waals surface area contributed by atoms with Crippen molar-refractivity contribution in [2.24, 2.45) is 7.05 Å². The highest BCUT2D eigenvalue weighted by Crippen LogP contribution is 2.16. The van der Waals surface area contributed by atoms with Crippen molar-refractivity contribution in [2.45, 2.75) is 20.3 Å². The SMILES string of the molecule is CCc1nn(C)cc1C(=O)c1ccc(F)c(C)c1. The molecule has 94 valence electrons. The molecule has 0 radical (unpaired) electrons. The zero-order chi connectivity index (χ0) is 13.3. The van der Waals surface area contributed by atoms with E-state index < -0.39 is 0 Å². The van der Waals surface area contributed by atoms with Gasteiger partial charge >= 0.3 is 0 Å². The Morgan fingerprint density at radius 1 is 1.44 bits per heavy atom. The summed E-state index contributed by atoms with van der Waals surface area (Å²) in [4.78, 5) is 12.3. The summed E-state index contributed by atoms with van der Waals surface area (Å²) in [6.45, 7) is 3.60. The van der Waals surface area contributed by atoms with Gasteiger partial charge in [0.15, 0.2) is 5.78 Å². The van der Waals surface area contributed by atoms with Crippen LogP contribution in [0.3, 0.4) is 0 Å². The largest absolute Gasteiger partial charge is 0.288 e. The Labute approximate surface area is 105 Å². The molecule has 0 aliphatic heterocycles. The topological polar surface area (TPSA) is 34.9 Å². The lowest BCUT2D eigenvalue weighted by Gasteiger charge is -2.02. The summed E-state index contributed by atoms with van der Waals surface area (Å²) in [6, 6.07) is 4.41. The molecule has 0 aliphatic carbocycles. The molecule has 0 N–H and O–H groups in total. The molecule has 1 heterocycles. The second-order valence-electron chi connectivity index (χ2n) is 4.31. The molecule has 0 fully saturated rings. The van der Waals surface area contributed by atoms with Crippen LogP contribution < -0.4 is 0 Å². The van der Waals surface area contributed by atoms with Gasteiger partial charge in [-0.3, -0.25) is 9.48 Å². The van der Waals surface area contributed by atoms with E-state index in [0.29, 0.717) is 23.1 Å². The number of benzene rings is 1. The molecule has 1 aromatic heterocycles. The van der Waals surface area contributed by atoms with Gasteiger partial charge in [0, 0.05) is 18.8 Å². The molecule has 1 aromatic carbocycles. The van der Waals surface area contributed by atoms with Gasteiger partial charge in [0.25, 0.3) is 0 Å². The predicted molar refractivity (Wildman–Crippen MR) is 67.2 cm³/mol. The van der Waals surface area contributed by atoms with Crippen LogP contribution in [0.2, 0.25) is 0 Å². The maximum atomic E-state index is 13.2. The summed E-state index contributed by atoms with van der Waals surface area (Å²) < 4.78 is 14.8. The van der Waals surface area contributed by atoms with Gasteiger partial charge in [0.05, 0.1) is 11.3 Å². The predicted octanol–water partition coefficient (Wildman–Crippen LogP) is 2.66. The fourth-order valence-corrected chi connectivity index (χ4v) is 1.93. The van der Waals surface area contributed by atoms with Crippen molar-refractivity contribution >= 4 is 5.78 Å². The highest BCUT2D eigenvalue weighted by Gasteiger charge is 2.16. The third-order valence-electron chi connectivity index (χ3n) is 2.90. The molecule has 2 rings (SSSR count). The van der Waals surface area contributed by atoms with Crippen LogP contribution in [0, 0.1) is 12.7 Å². The van der Waals surface area contributed by atoms with Gasteiger partial charge in [-0.25, -0.2) is 4.39 Å². The van der Waals surface area contributed by atoms with E-state index in [9.17, 15) is 9.18 Å². The first kappa shape index (κ1) is 12.5. The Bertz CT molecular complexity index is 602. The average Bonchev–Trinajstić information content (AvgIpc) is 2.73. The molecule has 0 saturated carbocycles. The zero-order valence-electron chi connectivity index (χ0n) is 10.7. The summed E-state index contributed by atoms with van der Waals surface area (Å²) in [7, 11) is 1.78. The summed E-state index contributed by atoms with van der Waals surface area (Å²) in [5.74, 6) is -0.406. The number of hydrogen-bond donors (Lipinski definition) is 0. The average molecular weight is 246 g/mol. The van der Waals surface area contributed by atoms with Crippen molar-refractivity contribution < 1.29 is 9.18 Å². The van der Waals surface area contributed by atoms with E-state index in [2.05, 4.69) is 5.10 Å². The van der Waals surface area contributed by atoms with Crippen molar-refractivity contribution in [2.75, 3.05) is 0 Å². The number of rotatable bonds is 3. The van der Waals surface area contributed by atoms with Crippen LogP contribution in [0.5, 0.6) is 0 Å². The zero-order valence-corrected chi connectivity index (χ0v) is 10.7. The highest BCUT2D eigenvalue weighted by atomic mass is 19.1. The lowest BCUT2D eigenvalue weighted by atomic mass is 10.0. The number of ketones is 1. The Kier molecular flexibility index (Phi) is 3.28. The van der Waals surface area contributed by atoms with Crippen LogP contribution in [0.15, 0.2) is 24.4 Å². The second kappa shape index (κ2) is 4.72. The molecular formula is C14H15FN2O. The normalized spacial score (nSPS) is 10.7. The van der Waals surface area contributed by atoms with E-state index in [1.165, 1.54) is 12.1 Å². The van der Waals surface area contributed by atoms with Crippen LogP contribution in [0.1, 0.15) is 34.1 Å². The second-order valence-corrected chi connectivity index (χ2v) is 4.31. The number of aryl methyl sites for hydroxylation is 3. The van der Waals surface area contributed by atoms with E-state index in [0.717, 1.165) is 5.69 Å². The van der Waals surface area contributed by atoms with Crippen molar-refractivity contribution in [3.8, 4) is 0 Å². The van der Waals surface area contributed by atoms with Crippen LogP contribution in [-0.4, -0.2) is 15.6 Å². The monoisotopic (exact) mass is 246 g/mol. The highest BCUT2D eigenvalue weighted by molar-refractivity contribution is 6.09. The fourth-order valence-electron chi connectivity index (χ4n) is 1.93. The van der Waals surface area contributed by atoms with Crippen molar-refractivity contribution in [1.82, 2.24) is 9.78 Å². The fraction of sp³-hybridized carbons (Fsp3) is 0.286. The van der Waals surface area contributed by atoms with Crippen LogP contribution >= 0.6 is 0 Å². The van der Waals surface area contributed by atoms with Gasteiger partial charge in [-0.05, 0) is 37.1 Å². The van der Waals surface area contributed by atoms with Gasteiger partial charge in [-0.15, -0.1) is 0 Å². The molecule has 3 nitrogen and oxygen atoms in total. The Morgan fingerprint density at radius 2 is 2.17 bits per heavy atom. The lowest BCUT2D eigenvalue weighted by molar-refractivity contribution is 0.103. The number of halogens is 1. The summed E-state index contributed by atoms with van der Waals surface area (Å²) >= 11 is 0. The summed E-state index contributed by atoms with van der Waals surface area (Å²) in [6.07, 6.45) is 2.40. The summed E-state index contributed by atoms with van der Waals surface area (Å²) in [5.41, 5.74) is 2.33.